The molecule has 3 aromatic rings. The molecule has 1 N–H and O–H groups in total. The van der Waals surface area contributed by atoms with E-state index in [-0.39, 0.29) is 0 Å². The predicted molar refractivity (Wildman–Crippen MR) is 125 cm³/mol. The summed E-state index contributed by atoms with van der Waals surface area (Å²) in [7, 11) is 1.58. The van der Waals surface area contributed by atoms with Gasteiger partial charge in [0.05, 0.1) is 30.8 Å². The van der Waals surface area contributed by atoms with Crippen LogP contribution < -0.4 is 14.8 Å². The molecule has 160 valence electrons. The molecule has 5 nitrogen and oxygen atoms in total. The molecule has 0 bridgehead atoms. The molecule has 3 heterocycles. The molecule has 1 aliphatic rings. The standard InChI is InChI=1S/C26H22ClN3O2/c1-18-21(13-25(16-29-18)32-17-23-11-12-28-23)9-7-19-3-5-20(6-4-19)8-10-22-14-24(31-2)15-30-26(22)27/h3-6,13-16,23,28H,11-12,17H2,1-2H3. The van der Waals surface area contributed by atoms with Gasteiger partial charge in [0.2, 0.25) is 0 Å². The summed E-state index contributed by atoms with van der Waals surface area (Å²) < 4.78 is 11.0. The maximum Gasteiger partial charge on any atom is 0.144 e. The van der Waals surface area contributed by atoms with Gasteiger partial charge in [-0.25, -0.2) is 4.98 Å². The van der Waals surface area contributed by atoms with Crippen molar-refractivity contribution in [1.82, 2.24) is 15.3 Å². The third-order valence-electron chi connectivity index (χ3n) is 5.06. The fourth-order valence-electron chi connectivity index (χ4n) is 2.95. The molecule has 2 aromatic heterocycles. The zero-order chi connectivity index (χ0) is 22.3. The summed E-state index contributed by atoms with van der Waals surface area (Å²) >= 11 is 6.11. The Balaban J connectivity index is 1.45. The van der Waals surface area contributed by atoms with Crippen molar-refractivity contribution in [3.63, 3.8) is 0 Å². The largest absolute Gasteiger partial charge is 0.495 e. The highest BCUT2D eigenvalue weighted by Gasteiger charge is 2.16. The highest BCUT2D eigenvalue weighted by Crippen LogP contribution is 2.18. The number of pyridine rings is 2. The molecule has 0 aliphatic carbocycles. The molecule has 1 aromatic carbocycles. The minimum Gasteiger partial charge on any atom is -0.495 e. The average molecular weight is 444 g/mol. The van der Waals surface area contributed by atoms with E-state index in [1.54, 1.807) is 25.6 Å². The van der Waals surface area contributed by atoms with Gasteiger partial charge in [0.25, 0.3) is 0 Å². The van der Waals surface area contributed by atoms with Crippen molar-refractivity contribution < 1.29 is 9.47 Å². The minimum atomic E-state index is 0.347. The first-order valence-corrected chi connectivity index (χ1v) is 10.6. The van der Waals surface area contributed by atoms with Crippen LogP contribution in [0.2, 0.25) is 5.15 Å². The second-order valence-corrected chi connectivity index (χ2v) is 7.70. The van der Waals surface area contributed by atoms with Gasteiger partial charge in [-0.1, -0.05) is 35.3 Å². The number of nitrogens with one attached hydrogen (secondary N) is 1. The zero-order valence-electron chi connectivity index (χ0n) is 17.9. The van der Waals surface area contributed by atoms with E-state index in [0.717, 1.165) is 41.1 Å². The topological polar surface area (TPSA) is 56.3 Å². The number of benzene rings is 1. The highest BCUT2D eigenvalue weighted by atomic mass is 35.5. The number of rotatable bonds is 4. The van der Waals surface area contributed by atoms with Crippen LogP contribution in [0.5, 0.6) is 11.5 Å². The van der Waals surface area contributed by atoms with Crippen molar-refractivity contribution in [3.05, 3.63) is 81.9 Å². The molecule has 0 radical (unpaired) electrons. The van der Waals surface area contributed by atoms with Gasteiger partial charge in [-0.3, -0.25) is 4.98 Å². The van der Waals surface area contributed by atoms with Gasteiger partial charge in [0.15, 0.2) is 0 Å². The first kappa shape index (κ1) is 21.7. The van der Waals surface area contributed by atoms with Crippen LogP contribution in [-0.4, -0.2) is 36.3 Å². The second kappa shape index (κ2) is 10.2. The summed E-state index contributed by atoms with van der Waals surface area (Å²) in [5, 5.41) is 3.67. The SMILES string of the molecule is COc1cnc(Cl)c(C#Cc2ccc(C#Cc3cc(OCC4CCN4)cnc3C)cc2)c1. The average Bonchev–Trinajstić information content (AvgIpc) is 2.78. The fourth-order valence-corrected chi connectivity index (χ4v) is 3.10. The number of ether oxygens (including phenoxy) is 2. The Hall–Kier alpha value is -3.51. The van der Waals surface area contributed by atoms with Crippen LogP contribution in [0.15, 0.2) is 48.8 Å². The van der Waals surface area contributed by atoms with Gasteiger partial charge in [-0.2, -0.15) is 0 Å². The van der Waals surface area contributed by atoms with Crippen LogP contribution in [0, 0.1) is 30.6 Å². The van der Waals surface area contributed by atoms with Gasteiger partial charge >= 0.3 is 0 Å². The summed E-state index contributed by atoms with van der Waals surface area (Å²) in [4.78, 5) is 8.48. The molecule has 4 rings (SSSR count). The van der Waals surface area contributed by atoms with E-state index in [2.05, 4.69) is 39.0 Å². The summed E-state index contributed by atoms with van der Waals surface area (Å²) in [6.07, 6.45) is 4.46. The van der Waals surface area contributed by atoms with Gasteiger partial charge in [0, 0.05) is 28.8 Å². The molecule has 0 saturated carbocycles. The minimum absolute atomic E-state index is 0.347. The van der Waals surface area contributed by atoms with Crippen molar-refractivity contribution >= 4 is 11.6 Å². The number of nitrogens with zero attached hydrogens (tertiary/aromatic N) is 2. The van der Waals surface area contributed by atoms with Crippen molar-refractivity contribution in [1.29, 1.82) is 0 Å². The number of hydrogen-bond acceptors (Lipinski definition) is 5. The molecule has 1 aliphatic heterocycles. The molecule has 1 saturated heterocycles. The van der Waals surface area contributed by atoms with Gasteiger partial charge in [0.1, 0.15) is 23.3 Å². The van der Waals surface area contributed by atoms with Crippen molar-refractivity contribution in [2.45, 2.75) is 19.4 Å². The monoisotopic (exact) mass is 443 g/mol. The van der Waals surface area contributed by atoms with E-state index < -0.39 is 0 Å². The molecule has 0 spiro atoms. The molecule has 1 unspecified atom stereocenters. The molecular formula is C26H22ClN3O2. The lowest BCUT2D eigenvalue weighted by Crippen LogP contribution is -2.46. The van der Waals surface area contributed by atoms with Crippen LogP contribution in [0.4, 0.5) is 0 Å². The molecular weight excluding hydrogens is 422 g/mol. The lowest BCUT2D eigenvalue weighted by Gasteiger charge is -2.27. The second-order valence-electron chi connectivity index (χ2n) is 7.35. The van der Waals surface area contributed by atoms with Crippen molar-refractivity contribution in [2.24, 2.45) is 0 Å². The molecule has 32 heavy (non-hydrogen) atoms. The van der Waals surface area contributed by atoms with E-state index >= 15 is 0 Å². The summed E-state index contributed by atoms with van der Waals surface area (Å²) in [5.74, 6) is 13.9. The first-order chi connectivity index (χ1) is 15.6. The van der Waals surface area contributed by atoms with Gasteiger partial charge < -0.3 is 14.8 Å². The normalized spacial score (nSPS) is 14.3. The van der Waals surface area contributed by atoms with Crippen LogP contribution in [0.25, 0.3) is 0 Å². The van der Waals surface area contributed by atoms with E-state index in [1.807, 2.05) is 37.3 Å². The number of halogens is 1. The van der Waals surface area contributed by atoms with Gasteiger partial charge in [-0.15, -0.1) is 0 Å². The van der Waals surface area contributed by atoms with Gasteiger partial charge in [-0.05, 0) is 50.2 Å². The molecule has 6 heteroatoms. The third kappa shape index (κ3) is 5.59. The van der Waals surface area contributed by atoms with E-state index in [0.29, 0.717) is 29.1 Å². The summed E-state index contributed by atoms with van der Waals surface area (Å²) in [6.45, 7) is 3.66. The third-order valence-corrected chi connectivity index (χ3v) is 5.36. The van der Waals surface area contributed by atoms with Crippen LogP contribution in [-0.2, 0) is 0 Å². The Morgan fingerprint density at radius 3 is 2.22 bits per heavy atom. The fraction of sp³-hybridized carbons (Fsp3) is 0.231. The van der Waals surface area contributed by atoms with Crippen LogP contribution in [0.3, 0.4) is 0 Å². The van der Waals surface area contributed by atoms with Crippen molar-refractivity contribution in [2.75, 3.05) is 20.3 Å². The summed E-state index contributed by atoms with van der Waals surface area (Å²) in [5.41, 5.74) is 4.09. The Morgan fingerprint density at radius 1 is 0.969 bits per heavy atom. The molecule has 1 fully saturated rings. The number of aryl methyl sites for hydroxylation is 1. The lowest BCUT2D eigenvalue weighted by molar-refractivity contribution is 0.217. The Labute approximate surface area is 193 Å². The van der Waals surface area contributed by atoms with Crippen LogP contribution in [0.1, 0.15) is 34.4 Å². The van der Waals surface area contributed by atoms with E-state index in [4.69, 9.17) is 21.1 Å². The maximum atomic E-state index is 6.11. The highest BCUT2D eigenvalue weighted by molar-refractivity contribution is 6.30. The van der Waals surface area contributed by atoms with Crippen molar-refractivity contribution in [3.8, 4) is 35.2 Å². The molecule has 0 amide bonds. The smallest absolute Gasteiger partial charge is 0.144 e. The first-order valence-electron chi connectivity index (χ1n) is 10.3. The maximum absolute atomic E-state index is 6.11. The zero-order valence-corrected chi connectivity index (χ0v) is 18.7. The predicted octanol–water partition coefficient (Wildman–Crippen LogP) is 3.99. The number of methoxy groups -OCH3 is 1. The quantitative estimate of drug-likeness (QED) is 0.488. The Morgan fingerprint density at radius 2 is 1.59 bits per heavy atom. The molecule has 1 atom stereocenters. The van der Waals surface area contributed by atoms with E-state index in [1.165, 1.54) is 0 Å². The van der Waals surface area contributed by atoms with Crippen LogP contribution >= 0.6 is 11.6 Å². The number of aromatic nitrogens is 2. The lowest BCUT2D eigenvalue weighted by atomic mass is 10.1. The summed E-state index contributed by atoms with van der Waals surface area (Å²) in [6, 6.07) is 11.9. The Bertz CT molecular complexity index is 1230. The Kier molecular flexibility index (Phi) is 6.92. The number of hydrogen-bond donors (Lipinski definition) is 1. The van der Waals surface area contributed by atoms with E-state index in [9.17, 15) is 0 Å².